The van der Waals surface area contributed by atoms with Crippen molar-refractivity contribution < 1.29 is 4.74 Å². The summed E-state index contributed by atoms with van der Waals surface area (Å²) in [5, 5.41) is 0. The van der Waals surface area contributed by atoms with Crippen molar-refractivity contribution in [2.24, 2.45) is 0 Å². The third-order valence-corrected chi connectivity index (χ3v) is 5.30. The van der Waals surface area contributed by atoms with Crippen molar-refractivity contribution in [1.29, 1.82) is 0 Å². The second kappa shape index (κ2) is 9.60. The quantitative estimate of drug-likeness (QED) is 0.243. The van der Waals surface area contributed by atoms with E-state index in [2.05, 4.69) is 29.5 Å². The molecule has 0 amide bonds. The van der Waals surface area contributed by atoms with Crippen LogP contribution in [0.2, 0.25) is 0 Å². The maximum Gasteiger partial charge on any atom is 0.0771 e. The van der Waals surface area contributed by atoms with Gasteiger partial charge < -0.3 is 4.74 Å². The van der Waals surface area contributed by atoms with Crippen molar-refractivity contribution in [3.8, 4) is 0 Å². The average Bonchev–Trinajstić information content (AvgIpc) is 2.60. The second-order valence-corrected chi connectivity index (χ2v) is 6.26. The highest BCUT2D eigenvalue weighted by Gasteiger charge is 2.30. The lowest BCUT2D eigenvalue weighted by atomic mass is 9.97. The Labute approximate surface area is 121 Å². The van der Waals surface area contributed by atoms with Crippen LogP contribution in [-0.2, 0) is 4.74 Å². The molecule has 0 radical (unpaired) electrons. The molecule has 2 heteroatoms. The van der Waals surface area contributed by atoms with E-state index in [-0.39, 0.29) is 5.60 Å². The Morgan fingerprint density at radius 2 is 1.59 bits per heavy atom. The van der Waals surface area contributed by atoms with Crippen LogP contribution in [0.1, 0.15) is 77.6 Å². The molecule has 0 heterocycles. The van der Waals surface area contributed by atoms with E-state index in [4.69, 9.17) is 4.74 Å². The van der Waals surface area contributed by atoms with Gasteiger partial charge in [0.15, 0.2) is 0 Å². The first-order valence-electron chi connectivity index (χ1n) is 7.53. The molecule has 0 unspecified atom stereocenters. The Hall–Kier alpha value is 0.690. The molecule has 17 heavy (non-hydrogen) atoms. The molecule has 1 aliphatic rings. The zero-order chi connectivity index (χ0) is 12.4. The molecule has 0 bridgehead atoms. The fourth-order valence-electron chi connectivity index (χ4n) is 2.68. The van der Waals surface area contributed by atoms with Crippen LogP contribution in [0.25, 0.3) is 0 Å². The highest BCUT2D eigenvalue weighted by Crippen LogP contribution is 2.32. The van der Waals surface area contributed by atoms with Gasteiger partial charge in [0.05, 0.1) is 5.60 Å². The molecular weight excluding hydrogens is 323 g/mol. The Morgan fingerprint density at radius 1 is 0.941 bits per heavy atom. The van der Waals surface area contributed by atoms with E-state index in [1.165, 1.54) is 75.1 Å². The standard InChI is InChI=1S/C15H29IO/c1-2-3-4-7-10-13-17-15(14-16)11-8-5-6-9-12-15/h2-14H2,1H3. The molecule has 1 nitrogen and oxygen atoms in total. The summed E-state index contributed by atoms with van der Waals surface area (Å²) in [4.78, 5) is 0. The van der Waals surface area contributed by atoms with E-state index in [0.29, 0.717) is 0 Å². The molecule has 0 atom stereocenters. The lowest BCUT2D eigenvalue weighted by molar-refractivity contribution is -0.0376. The third-order valence-electron chi connectivity index (χ3n) is 3.91. The van der Waals surface area contributed by atoms with Gasteiger partial charge in [-0.05, 0) is 19.3 Å². The minimum Gasteiger partial charge on any atom is -0.374 e. The first kappa shape index (κ1) is 15.7. The molecule has 0 N–H and O–H groups in total. The summed E-state index contributed by atoms with van der Waals surface area (Å²) >= 11 is 2.53. The molecule has 0 aromatic carbocycles. The number of hydrogen-bond donors (Lipinski definition) is 0. The minimum atomic E-state index is 0.238. The number of hydrogen-bond acceptors (Lipinski definition) is 1. The number of ether oxygens (including phenoxy) is 1. The summed E-state index contributed by atoms with van der Waals surface area (Å²) < 4.78 is 7.45. The maximum absolute atomic E-state index is 6.27. The molecule has 1 fully saturated rings. The fraction of sp³-hybridized carbons (Fsp3) is 1.00. The SMILES string of the molecule is CCCCCCCOC1(CI)CCCCCC1. The Morgan fingerprint density at radius 3 is 2.18 bits per heavy atom. The monoisotopic (exact) mass is 352 g/mol. The topological polar surface area (TPSA) is 9.23 Å². The molecule has 102 valence electrons. The van der Waals surface area contributed by atoms with Crippen molar-refractivity contribution >= 4 is 22.6 Å². The fourth-order valence-corrected chi connectivity index (χ4v) is 3.67. The lowest BCUT2D eigenvalue weighted by Crippen LogP contribution is -2.34. The van der Waals surface area contributed by atoms with Crippen molar-refractivity contribution in [3.63, 3.8) is 0 Å². The zero-order valence-electron chi connectivity index (χ0n) is 11.5. The van der Waals surface area contributed by atoms with Crippen LogP contribution in [0.4, 0.5) is 0 Å². The summed E-state index contributed by atoms with van der Waals surface area (Å²) in [6.45, 7) is 3.26. The van der Waals surface area contributed by atoms with Crippen molar-refractivity contribution in [2.75, 3.05) is 11.0 Å². The maximum atomic E-state index is 6.27. The van der Waals surface area contributed by atoms with E-state index in [1.54, 1.807) is 0 Å². The van der Waals surface area contributed by atoms with Gasteiger partial charge in [0.1, 0.15) is 0 Å². The lowest BCUT2D eigenvalue weighted by Gasteiger charge is -2.31. The molecular formula is C15H29IO. The molecule has 0 aromatic rings. The molecule has 1 rings (SSSR count). The zero-order valence-corrected chi connectivity index (χ0v) is 13.6. The summed E-state index contributed by atoms with van der Waals surface area (Å²) in [6, 6.07) is 0. The van der Waals surface area contributed by atoms with E-state index in [1.807, 2.05) is 0 Å². The summed E-state index contributed by atoms with van der Waals surface area (Å²) in [5.41, 5.74) is 0.238. The van der Waals surface area contributed by atoms with E-state index in [0.717, 1.165) is 6.61 Å². The Kier molecular flexibility index (Phi) is 8.89. The van der Waals surface area contributed by atoms with E-state index >= 15 is 0 Å². The van der Waals surface area contributed by atoms with Gasteiger partial charge in [0.2, 0.25) is 0 Å². The average molecular weight is 352 g/mol. The summed E-state index contributed by atoms with van der Waals surface area (Å²) in [6.07, 6.45) is 14.9. The van der Waals surface area contributed by atoms with Gasteiger partial charge in [0, 0.05) is 11.0 Å². The van der Waals surface area contributed by atoms with Crippen molar-refractivity contribution in [3.05, 3.63) is 0 Å². The molecule has 0 saturated heterocycles. The van der Waals surface area contributed by atoms with E-state index in [9.17, 15) is 0 Å². The molecule has 0 spiro atoms. The number of alkyl halides is 1. The third kappa shape index (κ3) is 6.42. The Bertz CT molecular complexity index is 174. The molecule has 0 aromatic heterocycles. The molecule has 0 aliphatic heterocycles. The second-order valence-electron chi connectivity index (χ2n) is 5.49. The van der Waals surface area contributed by atoms with E-state index < -0.39 is 0 Å². The van der Waals surface area contributed by atoms with Crippen molar-refractivity contribution in [2.45, 2.75) is 83.2 Å². The smallest absolute Gasteiger partial charge is 0.0771 e. The number of rotatable bonds is 8. The van der Waals surface area contributed by atoms with Gasteiger partial charge in [-0.15, -0.1) is 0 Å². The van der Waals surface area contributed by atoms with Crippen LogP contribution in [-0.4, -0.2) is 16.6 Å². The van der Waals surface area contributed by atoms with Gasteiger partial charge in [-0.2, -0.15) is 0 Å². The van der Waals surface area contributed by atoms with Gasteiger partial charge in [-0.25, -0.2) is 0 Å². The van der Waals surface area contributed by atoms with Crippen molar-refractivity contribution in [1.82, 2.24) is 0 Å². The summed E-state index contributed by atoms with van der Waals surface area (Å²) in [7, 11) is 0. The minimum absolute atomic E-state index is 0.238. The summed E-state index contributed by atoms with van der Waals surface area (Å²) in [5.74, 6) is 0. The number of halogens is 1. The van der Waals surface area contributed by atoms with Gasteiger partial charge in [-0.3, -0.25) is 0 Å². The van der Waals surface area contributed by atoms with Crippen LogP contribution in [0.15, 0.2) is 0 Å². The van der Waals surface area contributed by atoms with Crippen LogP contribution in [0.5, 0.6) is 0 Å². The predicted octanol–water partition coefficient (Wildman–Crippen LogP) is 5.50. The first-order chi connectivity index (χ1) is 8.33. The largest absolute Gasteiger partial charge is 0.374 e. The van der Waals surface area contributed by atoms with Crippen LogP contribution < -0.4 is 0 Å². The molecule has 1 saturated carbocycles. The highest BCUT2D eigenvalue weighted by molar-refractivity contribution is 14.1. The van der Waals surface area contributed by atoms with Gasteiger partial charge >= 0.3 is 0 Å². The van der Waals surface area contributed by atoms with Gasteiger partial charge in [-0.1, -0.05) is 80.9 Å². The van der Waals surface area contributed by atoms with Gasteiger partial charge in [0.25, 0.3) is 0 Å². The predicted molar refractivity (Wildman–Crippen MR) is 84.0 cm³/mol. The van der Waals surface area contributed by atoms with Crippen LogP contribution >= 0.6 is 22.6 Å². The Balaban J connectivity index is 2.16. The normalized spacial score (nSPS) is 20.1. The van der Waals surface area contributed by atoms with Crippen LogP contribution in [0.3, 0.4) is 0 Å². The molecule has 1 aliphatic carbocycles. The first-order valence-corrected chi connectivity index (χ1v) is 9.05. The number of unbranched alkanes of at least 4 members (excludes halogenated alkanes) is 4. The van der Waals surface area contributed by atoms with Crippen LogP contribution in [0, 0.1) is 0 Å². The highest BCUT2D eigenvalue weighted by atomic mass is 127.